The van der Waals surface area contributed by atoms with Crippen molar-refractivity contribution in [1.82, 2.24) is 0 Å². The first kappa shape index (κ1) is 24.2. The van der Waals surface area contributed by atoms with Crippen LogP contribution in [0, 0.1) is 0 Å². The summed E-state index contributed by atoms with van der Waals surface area (Å²) in [5.74, 6) is 1.54. The molecule has 1 nitrogen and oxygen atoms in total. The predicted octanol–water partition coefficient (Wildman–Crippen LogP) is 7.03. The molecule has 0 radical (unpaired) electrons. The lowest BCUT2D eigenvalue weighted by Crippen LogP contribution is -2.20. The van der Waals surface area contributed by atoms with Crippen molar-refractivity contribution in [3.8, 4) is 5.75 Å². The number of hydrogen-bond donors (Lipinski definition) is 0. The number of alkyl halides is 1. The van der Waals surface area contributed by atoms with Gasteiger partial charge in [0.15, 0.2) is 0 Å². The molecule has 0 amide bonds. The highest BCUT2D eigenvalue weighted by molar-refractivity contribution is 9.09. The van der Waals surface area contributed by atoms with E-state index in [9.17, 15) is 0 Å². The van der Waals surface area contributed by atoms with Crippen LogP contribution in [0.4, 0.5) is 0 Å². The quantitative estimate of drug-likeness (QED) is 0.194. The standard InChI is InChI=1S/C18H15P.C11H15BrO/c1-4-10-16(11-5-1)19(17-12-6-2-7-13-17)18-14-8-3-9-15-18;1-9(6-7-12)10-4-3-5-11(8-10)13-2/h1-15H;3-5,8-9H,6-7H2,1-2H3. The average molecular weight is 505 g/mol. The lowest BCUT2D eigenvalue weighted by molar-refractivity contribution is 0.414. The Labute approximate surface area is 202 Å². The van der Waals surface area contributed by atoms with Crippen LogP contribution < -0.4 is 20.7 Å². The summed E-state index contributed by atoms with van der Waals surface area (Å²) in [6.45, 7) is 2.23. The van der Waals surface area contributed by atoms with Crippen molar-refractivity contribution in [2.45, 2.75) is 19.3 Å². The molecular formula is C29H30BrOP. The number of ether oxygens (including phenoxy) is 1. The molecule has 4 aromatic carbocycles. The molecule has 4 aromatic rings. The minimum absolute atomic E-state index is 0.446. The van der Waals surface area contributed by atoms with E-state index < -0.39 is 7.92 Å². The largest absolute Gasteiger partial charge is 0.497 e. The zero-order valence-electron chi connectivity index (χ0n) is 18.7. The lowest BCUT2D eigenvalue weighted by Gasteiger charge is -2.18. The maximum Gasteiger partial charge on any atom is 0.119 e. The summed E-state index contributed by atoms with van der Waals surface area (Å²) in [7, 11) is 1.26. The summed E-state index contributed by atoms with van der Waals surface area (Å²) in [5.41, 5.74) is 1.35. The minimum Gasteiger partial charge on any atom is -0.497 e. The number of benzene rings is 4. The molecule has 0 aliphatic heterocycles. The molecule has 164 valence electrons. The summed E-state index contributed by atoms with van der Waals surface area (Å²) in [4.78, 5) is 0. The van der Waals surface area contributed by atoms with Gasteiger partial charge >= 0.3 is 0 Å². The third kappa shape index (κ3) is 7.05. The lowest BCUT2D eigenvalue weighted by atomic mass is 9.99. The van der Waals surface area contributed by atoms with Crippen LogP contribution >= 0.6 is 23.9 Å². The molecule has 0 aliphatic rings. The van der Waals surface area contributed by atoms with Gasteiger partial charge in [0.05, 0.1) is 7.11 Å². The van der Waals surface area contributed by atoms with Gasteiger partial charge in [-0.25, -0.2) is 0 Å². The highest BCUT2D eigenvalue weighted by Gasteiger charge is 2.15. The van der Waals surface area contributed by atoms with Crippen LogP contribution in [-0.4, -0.2) is 12.4 Å². The van der Waals surface area contributed by atoms with Gasteiger partial charge in [-0.3, -0.25) is 0 Å². The second kappa shape index (κ2) is 13.2. The summed E-state index contributed by atoms with van der Waals surface area (Å²) in [5, 5.41) is 5.24. The Kier molecular flexibility index (Phi) is 10.0. The number of rotatable bonds is 7. The van der Waals surface area contributed by atoms with E-state index in [4.69, 9.17) is 4.74 Å². The summed E-state index contributed by atoms with van der Waals surface area (Å²) >= 11 is 3.45. The molecule has 4 rings (SSSR count). The van der Waals surface area contributed by atoms with Crippen LogP contribution in [0.25, 0.3) is 0 Å². The second-order valence-corrected chi connectivity index (χ2v) is 10.5. The van der Waals surface area contributed by atoms with Crippen LogP contribution in [0.2, 0.25) is 0 Å². The van der Waals surface area contributed by atoms with Gasteiger partial charge in [0.1, 0.15) is 5.75 Å². The Bertz CT molecular complexity index is 944. The van der Waals surface area contributed by atoms with Gasteiger partial charge in [-0.1, -0.05) is 126 Å². The smallest absolute Gasteiger partial charge is 0.119 e. The number of methoxy groups -OCH3 is 1. The van der Waals surface area contributed by atoms with Gasteiger partial charge < -0.3 is 4.74 Å². The molecule has 0 aliphatic carbocycles. The van der Waals surface area contributed by atoms with Gasteiger partial charge in [0, 0.05) is 5.33 Å². The second-order valence-electron chi connectivity index (χ2n) is 7.50. The van der Waals surface area contributed by atoms with Gasteiger partial charge in [0.2, 0.25) is 0 Å². The van der Waals surface area contributed by atoms with Crippen LogP contribution in [0.5, 0.6) is 5.75 Å². The Morgan fingerprint density at radius 2 is 1.16 bits per heavy atom. The molecule has 1 atom stereocenters. The molecule has 0 fully saturated rings. The summed E-state index contributed by atoms with van der Waals surface area (Å²) in [6, 6.07) is 40.6. The summed E-state index contributed by atoms with van der Waals surface area (Å²) < 4.78 is 5.17. The van der Waals surface area contributed by atoms with Crippen molar-refractivity contribution in [2.75, 3.05) is 12.4 Å². The fourth-order valence-corrected chi connectivity index (χ4v) is 6.45. The van der Waals surface area contributed by atoms with Crippen molar-refractivity contribution in [1.29, 1.82) is 0 Å². The third-order valence-electron chi connectivity index (χ3n) is 5.25. The zero-order valence-corrected chi connectivity index (χ0v) is 21.2. The van der Waals surface area contributed by atoms with E-state index in [1.807, 2.05) is 12.1 Å². The van der Waals surface area contributed by atoms with Crippen LogP contribution in [0.3, 0.4) is 0 Å². The van der Waals surface area contributed by atoms with Gasteiger partial charge in [-0.05, 0) is 53.9 Å². The number of hydrogen-bond acceptors (Lipinski definition) is 1. The highest BCUT2D eigenvalue weighted by Crippen LogP contribution is 2.32. The van der Waals surface area contributed by atoms with E-state index in [0.717, 1.165) is 17.5 Å². The molecule has 0 saturated heterocycles. The van der Waals surface area contributed by atoms with Crippen molar-refractivity contribution >= 4 is 39.8 Å². The summed E-state index contributed by atoms with van der Waals surface area (Å²) in [6.07, 6.45) is 1.16. The Balaban J connectivity index is 0.000000195. The fraction of sp³-hybridized carbons (Fsp3) is 0.172. The van der Waals surface area contributed by atoms with E-state index in [1.165, 1.54) is 21.5 Å². The van der Waals surface area contributed by atoms with E-state index >= 15 is 0 Å². The SMILES string of the molecule is COc1cccc(C(C)CCBr)c1.c1ccc(P(c2ccccc2)c2ccccc2)cc1. The predicted molar refractivity (Wildman–Crippen MR) is 145 cm³/mol. The van der Waals surface area contributed by atoms with Crippen LogP contribution in [-0.2, 0) is 0 Å². The first-order valence-corrected chi connectivity index (χ1v) is 13.3. The maximum atomic E-state index is 5.17. The molecule has 3 heteroatoms. The average Bonchev–Trinajstić information content (AvgIpc) is 2.87. The molecule has 0 heterocycles. The Morgan fingerprint density at radius 1 is 0.688 bits per heavy atom. The molecule has 0 N–H and O–H groups in total. The van der Waals surface area contributed by atoms with Crippen LogP contribution in [0.15, 0.2) is 115 Å². The van der Waals surface area contributed by atoms with Crippen molar-refractivity contribution < 1.29 is 4.74 Å². The maximum absolute atomic E-state index is 5.17. The molecule has 0 aromatic heterocycles. The van der Waals surface area contributed by atoms with E-state index in [1.54, 1.807) is 7.11 Å². The molecule has 0 saturated carbocycles. The Morgan fingerprint density at radius 3 is 1.56 bits per heavy atom. The van der Waals surface area contributed by atoms with Crippen molar-refractivity contribution in [3.63, 3.8) is 0 Å². The number of halogens is 1. The first-order valence-electron chi connectivity index (χ1n) is 10.9. The topological polar surface area (TPSA) is 9.23 Å². The molecular weight excluding hydrogens is 475 g/mol. The molecule has 0 bridgehead atoms. The van der Waals surface area contributed by atoms with E-state index in [0.29, 0.717) is 5.92 Å². The van der Waals surface area contributed by atoms with Crippen LogP contribution in [0.1, 0.15) is 24.8 Å². The highest BCUT2D eigenvalue weighted by atomic mass is 79.9. The monoisotopic (exact) mass is 504 g/mol. The Hall–Kier alpha value is -2.41. The zero-order chi connectivity index (χ0) is 22.6. The third-order valence-corrected chi connectivity index (χ3v) is 8.15. The molecule has 32 heavy (non-hydrogen) atoms. The first-order chi connectivity index (χ1) is 15.7. The van der Waals surface area contributed by atoms with Gasteiger partial charge in [0.25, 0.3) is 0 Å². The normalized spacial score (nSPS) is 11.4. The fourth-order valence-electron chi connectivity index (χ4n) is 3.46. The minimum atomic E-state index is -0.446. The van der Waals surface area contributed by atoms with Gasteiger partial charge in [-0.2, -0.15) is 0 Å². The van der Waals surface area contributed by atoms with Gasteiger partial charge in [-0.15, -0.1) is 0 Å². The molecule has 0 spiro atoms. The van der Waals surface area contributed by atoms with E-state index in [-0.39, 0.29) is 0 Å². The van der Waals surface area contributed by atoms with E-state index in [2.05, 4.69) is 126 Å². The molecule has 1 unspecified atom stereocenters. The van der Waals surface area contributed by atoms with Crippen molar-refractivity contribution in [3.05, 3.63) is 121 Å². The van der Waals surface area contributed by atoms with Crippen molar-refractivity contribution in [2.24, 2.45) is 0 Å².